The maximum Gasteiger partial charge on any atom is 0.253 e. The summed E-state index contributed by atoms with van der Waals surface area (Å²) in [4.78, 5) is 12.9. The van der Waals surface area contributed by atoms with Crippen LogP contribution in [0.15, 0.2) is 24.3 Å². The standard InChI is InChI=1S/C9H10ClNO/c1-11(2)9(12)7-4-3-5-8(10)6-7/h3-6H,1-2H3. The van der Waals surface area contributed by atoms with E-state index in [1.807, 2.05) is 0 Å². The molecule has 12 heavy (non-hydrogen) atoms. The molecule has 1 rings (SSSR count). The van der Waals surface area contributed by atoms with Crippen LogP contribution in [0.3, 0.4) is 0 Å². The molecule has 0 aromatic heterocycles. The molecule has 1 aromatic rings. The Morgan fingerprint density at radius 3 is 2.58 bits per heavy atom. The number of amides is 1. The quantitative estimate of drug-likeness (QED) is 0.653. The van der Waals surface area contributed by atoms with E-state index in [9.17, 15) is 4.79 Å². The minimum atomic E-state index is -0.0301. The van der Waals surface area contributed by atoms with Crippen molar-refractivity contribution in [3.05, 3.63) is 34.9 Å². The van der Waals surface area contributed by atoms with Gasteiger partial charge in [-0.2, -0.15) is 0 Å². The molecule has 2 nitrogen and oxygen atoms in total. The number of nitrogens with zero attached hydrogens (tertiary/aromatic N) is 1. The summed E-state index contributed by atoms with van der Waals surface area (Å²) in [5, 5.41) is 0.586. The molecule has 64 valence electrons. The normalized spacial score (nSPS) is 9.58. The van der Waals surface area contributed by atoms with Crippen LogP contribution in [0.25, 0.3) is 0 Å². The first-order valence-corrected chi connectivity index (χ1v) is 3.96. The number of benzene rings is 1. The van der Waals surface area contributed by atoms with E-state index >= 15 is 0 Å². The van der Waals surface area contributed by atoms with Gasteiger partial charge in [0, 0.05) is 24.7 Å². The average Bonchev–Trinajstić information content (AvgIpc) is 2.03. The van der Waals surface area contributed by atoms with Gasteiger partial charge in [0.1, 0.15) is 0 Å². The highest BCUT2D eigenvalue weighted by Gasteiger charge is 2.06. The first kappa shape index (κ1) is 9.07. The second-order valence-electron chi connectivity index (χ2n) is 2.71. The molecule has 0 aliphatic heterocycles. The van der Waals surface area contributed by atoms with Gasteiger partial charge in [0.15, 0.2) is 0 Å². The lowest BCUT2D eigenvalue weighted by atomic mass is 10.2. The van der Waals surface area contributed by atoms with Gasteiger partial charge < -0.3 is 4.90 Å². The van der Waals surface area contributed by atoms with E-state index in [1.54, 1.807) is 38.4 Å². The average molecular weight is 184 g/mol. The van der Waals surface area contributed by atoms with Gasteiger partial charge in [0.25, 0.3) is 5.91 Å². The highest BCUT2D eigenvalue weighted by atomic mass is 35.5. The van der Waals surface area contributed by atoms with E-state index in [4.69, 9.17) is 11.6 Å². The molecule has 0 heterocycles. The van der Waals surface area contributed by atoms with E-state index in [0.29, 0.717) is 10.6 Å². The molecule has 0 radical (unpaired) electrons. The topological polar surface area (TPSA) is 20.3 Å². The van der Waals surface area contributed by atoms with E-state index < -0.39 is 0 Å². The van der Waals surface area contributed by atoms with E-state index in [2.05, 4.69) is 0 Å². The molecule has 1 aromatic carbocycles. The van der Waals surface area contributed by atoms with Crippen LogP contribution in [-0.2, 0) is 0 Å². The first-order chi connectivity index (χ1) is 5.61. The molecular formula is C9H10ClNO. The summed E-state index contributed by atoms with van der Waals surface area (Å²) in [5.74, 6) is -0.0301. The molecular weight excluding hydrogens is 174 g/mol. The smallest absolute Gasteiger partial charge is 0.253 e. The van der Waals surface area contributed by atoms with Crippen LogP contribution in [-0.4, -0.2) is 24.9 Å². The van der Waals surface area contributed by atoms with Gasteiger partial charge in [0.05, 0.1) is 0 Å². The maximum atomic E-state index is 11.4. The van der Waals surface area contributed by atoms with Crippen molar-refractivity contribution >= 4 is 17.5 Å². The summed E-state index contributed by atoms with van der Waals surface area (Å²) in [6.07, 6.45) is 0. The van der Waals surface area contributed by atoms with Crippen molar-refractivity contribution in [3.8, 4) is 0 Å². The summed E-state index contributed by atoms with van der Waals surface area (Å²) in [6, 6.07) is 6.91. The summed E-state index contributed by atoms with van der Waals surface area (Å²) < 4.78 is 0. The van der Waals surface area contributed by atoms with E-state index in [1.165, 1.54) is 4.90 Å². The van der Waals surface area contributed by atoms with Crippen LogP contribution in [0.5, 0.6) is 0 Å². The first-order valence-electron chi connectivity index (χ1n) is 3.58. The Morgan fingerprint density at radius 2 is 2.08 bits per heavy atom. The van der Waals surface area contributed by atoms with Crippen LogP contribution < -0.4 is 0 Å². The molecule has 0 N–H and O–H groups in total. The number of halogens is 1. The number of rotatable bonds is 1. The molecule has 0 saturated heterocycles. The van der Waals surface area contributed by atoms with Crippen molar-refractivity contribution in [1.82, 2.24) is 4.90 Å². The molecule has 0 fully saturated rings. The molecule has 0 saturated carbocycles. The lowest BCUT2D eigenvalue weighted by Crippen LogP contribution is -2.21. The fourth-order valence-corrected chi connectivity index (χ4v) is 1.07. The highest BCUT2D eigenvalue weighted by molar-refractivity contribution is 6.30. The molecule has 0 atom stereocenters. The second-order valence-corrected chi connectivity index (χ2v) is 3.15. The fourth-order valence-electron chi connectivity index (χ4n) is 0.880. The number of carbonyl (C=O) groups is 1. The Bertz CT molecular complexity index is 296. The zero-order valence-electron chi connectivity index (χ0n) is 7.04. The SMILES string of the molecule is CN(C)C(=O)c1cccc(Cl)c1. The lowest BCUT2D eigenvalue weighted by Gasteiger charge is -2.09. The van der Waals surface area contributed by atoms with Gasteiger partial charge in [0.2, 0.25) is 0 Å². The third-order valence-electron chi connectivity index (χ3n) is 1.48. The van der Waals surface area contributed by atoms with Crippen LogP contribution in [0.4, 0.5) is 0 Å². The summed E-state index contributed by atoms with van der Waals surface area (Å²) >= 11 is 5.72. The molecule has 3 heteroatoms. The Labute approximate surface area is 76.8 Å². The molecule has 0 bridgehead atoms. The predicted octanol–water partition coefficient (Wildman–Crippen LogP) is 2.04. The zero-order chi connectivity index (χ0) is 9.14. The van der Waals surface area contributed by atoms with Crippen LogP contribution in [0.2, 0.25) is 5.02 Å². The van der Waals surface area contributed by atoms with Crippen molar-refractivity contribution in [2.75, 3.05) is 14.1 Å². The lowest BCUT2D eigenvalue weighted by molar-refractivity contribution is 0.0827. The van der Waals surface area contributed by atoms with Crippen LogP contribution >= 0.6 is 11.6 Å². The minimum Gasteiger partial charge on any atom is -0.345 e. The number of hydrogen-bond acceptors (Lipinski definition) is 1. The minimum absolute atomic E-state index is 0.0301. The van der Waals surface area contributed by atoms with Gasteiger partial charge in [-0.3, -0.25) is 4.79 Å². The Hall–Kier alpha value is -1.02. The van der Waals surface area contributed by atoms with Gasteiger partial charge in [-0.15, -0.1) is 0 Å². The van der Waals surface area contributed by atoms with E-state index in [-0.39, 0.29) is 5.91 Å². The monoisotopic (exact) mass is 183 g/mol. The second kappa shape index (κ2) is 3.59. The third-order valence-corrected chi connectivity index (χ3v) is 1.71. The Morgan fingerprint density at radius 1 is 1.42 bits per heavy atom. The highest BCUT2D eigenvalue weighted by Crippen LogP contribution is 2.11. The van der Waals surface area contributed by atoms with Crippen molar-refractivity contribution < 1.29 is 4.79 Å². The zero-order valence-corrected chi connectivity index (χ0v) is 7.80. The predicted molar refractivity (Wildman–Crippen MR) is 49.5 cm³/mol. The Balaban J connectivity index is 2.96. The molecule has 1 amide bonds. The summed E-state index contributed by atoms with van der Waals surface area (Å²) in [7, 11) is 3.42. The molecule has 0 aliphatic rings. The Kier molecular flexibility index (Phi) is 2.71. The van der Waals surface area contributed by atoms with E-state index in [0.717, 1.165) is 0 Å². The molecule has 0 spiro atoms. The van der Waals surface area contributed by atoms with Gasteiger partial charge in [-0.1, -0.05) is 17.7 Å². The van der Waals surface area contributed by atoms with Crippen LogP contribution in [0.1, 0.15) is 10.4 Å². The number of carbonyl (C=O) groups excluding carboxylic acids is 1. The summed E-state index contributed by atoms with van der Waals surface area (Å²) in [6.45, 7) is 0. The third kappa shape index (κ3) is 1.98. The van der Waals surface area contributed by atoms with Crippen molar-refractivity contribution in [3.63, 3.8) is 0 Å². The fraction of sp³-hybridized carbons (Fsp3) is 0.222. The number of hydrogen-bond donors (Lipinski definition) is 0. The van der Waals surface area contributed by atoms with Gasteiger partial charge >= 0.3 is 0 Å². The van der Waals surface area contributed by atoms with Crippen molar-refractivity contribution in [1.29, 1.82) is 0 Å². The van der Waals surface area contributed by atoms with Gasteiger partial charge in [-0.05, 0) is 18.2 Å². The van der Waals surface area contributed by atoms with Crippen molar-refractivity contribution in [2.45, 2.75) is 0 Å². The maximum absolute atomic E-state index is 11.4. The largest absolute Gasteiger partial charge is 0.345 e. The molecule has 0 aliphatic carbocycles. The van der Waals surface area contributed by atoms with Crippen LogP contribution in [0, 0.1) is 0 Å². The summed E-state index contributed by atoms with van der Waals surface area (Å²) in [5.41, 5.74) is 0.618. The van der Waals surface area contributed by atoms with Gasteiger partial charge in [-0.25, -0.2) is 0 Å². The van der Waals surface area contributed by atoms with Crippen molar-refractivity contribution in [2.24, 2.45) is 0 Å². The molecule has 0 unspecified atom stereocenters.